The molecule has 0 unspecified atom stereocenters. The first-order valence-corrected chi connectivity index (χ1v) is 10.9. The van der Waals surface area contributed by atoms with Gasteiger partial charge in [0, 0.05) is 21.5 Å². The Kier molecular flexibility index (Phi) is 6.26. The van der Waals surface area contributed by atoms with Crippen molar-refractivity contribution in [2.24, 2.45) is 0 Å². The third-order valence-corrected chi connectivity index (χ3v) is 6.21. The highest BCUT2D eigenvalue weighted by Crippen LogP contribution is 2.33. The molecule has 3 aromatic carbocycles. The van der Waals surface area contributed by atoms with Gasteiger partial charge >= 0.3 is 0 Å². The standard InChI is InChI=1S/C24H18ClN3O2S/c25-20-13-17(11-12-18(20)23(29)27-16-9-10-16)28-24(30)19-6-2-4-8-22(19)31-21-7-3-1-5-15(21)14-26/h1-8,11-13,16H,9-10H2,(H,27,29)(H,28,30). The molecule has 0 aliphatic heterocycles. The van der Waals surface area contributed by atoms with Crippen LogP contribution in [0.5, 0.6) is 0 Å². The fourth-order valence-corrected chi connectivity index (χ4v) is 4.27. The van der Waals surface area contributed by atoms with Crippen LogP contribution < -0.4 is 10.6 Å². The number of carbonyl (C=O) groups is 2. The zero-order valence-corrected chi connectivity index (χ0v) is 18.0. The summed E-state index contributed by atoms with van der Waals surface area (Å²) < 4.78 is 0. The lowest BCUT2D eigenvalue weighted by Gasteiger charge is -2.12. The first-order valence-electron chi connectivity index (χ1n) is 9.73. The summed E-state index contributed by atoms with van der Waals surface area (Å²) in [7, 11) is 0. The number of hydrogen-bond acceptors (Lipinski definition) is 4. The largest absolute Gasteiger partial charge is 0.349 e. The van der Waals surface area contributed by atoms with Crippen molar-refractivity contribution in [3.8, 4) is 6.07 Å². The average molecular weight is 448 g/mol. The van der Waals surface area contributed by atoms with Gasteiger partial charge in [0.2, 0.25) is 0 Å². The van der Waals surface area contributed by atoms with Gasteiger partial charge in [-0.3, -0.25) is 9.59 Å². The summed E-state index contributed by atoms with van der Waals surface area (Å²) in [6, 6.07) is 21.7. The van der Waals surface area contributed by atoms with E-state index in [0.717, 1.165) is 22.6 Å². The lowest BCUT2D eigenvalue weighted by Crippen LogP contribution is -2.25. The maximum atomic E-state index is 13.0. The van der Waals surface area contributed by atoms with E-state index in [1.807, 2.05) is 24.3 Å². The van der Waals surface area contributed by atoms with Crippen molar-refractivity contribution in [2.75, 3.05) is 5.32 Å². The second-order valence-corrected chi connectivity index (χ2v) is 8.59. The zero-order chi connectivity index (χ0) is 21.8. The summed E-state index contributed by atoms with van der Waals surface area (Å²) in [5, 5.41) is 15.3. The van der Waals surface area contributed by atoms with Gasteiger partial charge in [-0.2, -0.15) is 5.26 Å². The molecule has 1 saturated carbocycles. The predicted octanol–water partition coefficient (Wildman–Crippen LogP) is 5.51. The Balaban J connectivity index is 1.52. The molecule has 0 heterocycles. The molecule has 2 amide bonds. The van der Waals surface area contributed by atoms with Gasteiger partial charge in [0.1, 0.15) is 6.07 Å². The lowest BCUT2D eigenvalue weighted by molar-refractivity contribution is 0.0950. The van der Waals surface area contributed by atoms with Crippen molar-refractivity contribution in [3.05, 3.63) is 88.4 Å². The molecule has 0 saturated heterocycles. The van der Waals surface area contributed by atoms with E-state index in [1.54, 1.807) is 42.5 Å². The van der Waals surface area contributed by atoms with Crippen LogP contribution in [-0.2, 0) is 0 Å². The number of nitriles is 1. The predicted molar refractivity (Wildman–Crippen MR) is 122 cm³/mol. The summed E-state index contributed by atoms with van der Waals surface area (Å²) in [4.78, 5) is 26.7. The second-order valence-electron chi connectivity index (χ2n) is 7.10. The molecule has 5 nitrogen and oxygen atoms in total. The summed E-state index contributed by atoms with van der Waals surface area (Å²) in [6.45, 7) is 0. The first-order chi connectivity index (χ1) is 15.0. The molecule has 154 valence electrons. The van der Waals surface area contributed by atoms with E-state index >= 15 is 0 Å². The van der Waals surface area contributed by atoms with Crippen LogP contribution in [0.4, 0.5) is 5.69 Å². The normalized spacial score (nSPS) is 12.6. The molecule has 0 bridgehead atoms. The van der Waals surface area contributed by atoms with Crippen LogP contribution in [0.3, 0.4) is 0 Å². The molecule has 2 N–H and O–H groups in total. The highest BCUT2D eigenvalue weighted by Gasteiger charge is 2.24. The number of nitrogens with zero attached hydrogens (tertiary/aromatic N) is 1. The van der Waals surface area contributed by atoms with Crippen LogP contribution in [0.25, 0.3) is 0 Å². The molecule has 1 fully saturated rings. The van der Waals surface area contributed by atoms with E-state index in [2.05, 4.69) is 16.7 Å². The van der Waals surface area contributed by atoms with Crippen molar-refractivity contribution < 1.29 is 9.59 Å². The molecule has 31 heavy (non-hydrogen) atoms. The minimum Gasteiger partial charge on any atom is -0.349 e. The number of rotatable bonds is 6. The van der Waals surface area contributed by atoms with Gasteiger partial charge in [0.05, 0.1) is 21.7 Å². The molecule has 4 rings (SSSR count). The highest BCUT2D eigenvalue weighted by molar-refractivity contribution is 7.99. The van der Waals surface area contributed by atoms with Crippen molar-refractivity contribution in [1.82, 2.24) is 5.32 Å². The van der Waals surface area contributed by atoms with Crippen molar-refractivity contribution >= 4 is 40.9 Å². The van der Waals surface area contributed by atoms with Gasteiger partial charge in [-0.1, -0.05) is 47.6 Å². The van der Waals surface area contributed by atoms with E-state index in [-0.39, 0.29) is 22.9 Å². The van der Waals surface area contributed by atoms with Gasteiger partial charge in [-0.25, -0.2) is 0 Å². The SMILES string of the molecule is N#Cc1ccccc1Sc1ccccc1C(=O)Nc1ccc(C(=O)NC2CC2)c(Cl)c1. The maximum Gasteiger partial charge on any atom is 0.256 e. The number of nitrogens with one attached hydrogen (secondary N) is 2. The van der Waals surface area contributed by atoms with Crippen LogP contribution >= 0.6 is 23.4 Å². The fraction of sp³-hybridized carbons (Fsp3) is 0.125. The summed E-state index contributed by atoms with van der Waals surface area (Å²) >= 11 is 7.65. The number of amides is 2. The van der Waals surface area contributed by atoms with Gasteiger partial charge in [0.25, 0.3) is 11.8 Å². The summed E-state index contributed by atoms with van der Waals surface area (Å²) in [5.74, 6) is -0.507. The molecule has 3 aromatic rings. The molecule has 0 spiro atoms. The Morgan fingerprint density at radius 3 is 2.35 bits per heavy atom. The molecule has 7 heteroatoms. The van der Waals surface area contributed by atoms with E-state index in [4.69, 9.17) is 11.6 Å². The third kappa shape index (κ3) is 5.08. The zero-order valence-electron chi connectivity index (χ0n) is 16.4. The maximum absolute atomic E-state index is 13.0. The molecule has 1 aliphatic carbocycles. The summed E-state index contributed by atoms with van der Waals surface area (Å²) in [6.07, 6.45) is 1.99. The molecule has 0 radical (unpaired) electrons. The number of halogens is 1. The quantitative estimate of drug-likeness (QED) is 0.522. The van der Waals surface area contributed by atoms with E-state index in [1.165, 1.54) is 11.8 Å². The monoisotopic (exact) mass is 447 g/mol. The Morgan fingerprint density at radius 2 is 1.65 bits per heavy atom. The van der Waals surface area contributed by atoms with Crippen LogP contribution in [0.15, 0.2) is 76.5 Å². The molecular weight excluding hydrogens is 430 g/mol. The Bertz CT molecular complexity index is 1200. The minimum absolute atomic E-state index is 0.205. The highest BCUT2D eigenvalue weighted by atomic mass is 35.5. The van der Waals surface area contributed by atoms with Gasteiger partial charge in [0.15, 0.2) is 0 Å². The Morgan fingerprint density at radius 1 is 0.935 bits per heavy atom. The van der Waals surface area contributed by atoms with Crippen LogP contribution in [0, 0.1) is 11.3 Å². The molecule has 0 atom stereocenters. The Labute approximate surface area is 189 Å². The summed E-state index contributed by atoms with van der Waals surface area (Å²) in [5.41, 5.74) is 1.91. The molecule has 1 aliphatic rings. The van der Waals surface area contributed by atoms with E-state index in [0.29, 0.717) is 22.4 Å². The minimum atomic E-state index is -0.302. The number of carbonyl (C=O) groups excluding carboxylic acids is 2. The van der Waals surface area contributed by atoms with Gasteiger partial charge < -0.3 is 10.6 Å². The van der Waals surface area contributed by atoms with Crippen molar-refractivity contribution in [2.45, 2.75) is 28.7 Å². The number of anilines is 1. The molecule has 0 aromatic heterocycles. The third-order valence-electron chi connectivity index (χ3n) is 4.74. The van der Waals surface area contributed by atoms with Crippen LogP contribution in [0.1, 0.15) is 39.1 Å². The van der Waals surface area contributed by atoms with Gasteiger partial charge in [-0.15, -0.1) is 0 Å². The van der Waals surface area contributed by atoms with Crippen molar-refractivity contribution in [1.29, 1.82) is 5.26 Å². The Hall–Kier alpha value is -3.27. The lowest BCUT2D eigenvalue weighted by atomic mass is 10.1. The number of benzene rings is 3. The van der Waals surface area contributed by atoms with E-state index in [9.17, 15) is 14.9 Å². The van der Waals surface area contributed by atoms with Gasteiger partial charge in [-0.05, 0) is 55.3 Å². The second kappa shape index (κ2) is 9.25. The fourth-order valence-electron chi connectivity index (χ4n) is 2.98. The van der Waals surface area contributed by atoms with Crippen molar-refractivity contribution in [3.63, 3.8) is 0 Å². The topological polar surface area (TPSA) is 82.0 Å². The number of hydrogen-bond donors (Lipinski definition) is 2. The first kappa shape index (κ1) is 21.0. The molecular formula is C24H18ClN3O2S. The van der Waals surface area contributed by atoms with E-state index < -0.39 is 0 Å². The average Bonchev–Trinajstić information content (AvgIpc) is 3.58. The van der Waals surface area contributed by atoms with Crippen LogP contribution in [-0.4, -0.2) is 17.9 Å². The van der Waals surface area contributed by atoms with Crippen LogP contribution in [0.2, 0.25) is 5.02 Å². The smallest absolute Gasteiger partial charge is 0.256 e.